The minimum atomic E-state index is -0.405. The molecule has 2 N–H and O–H groups in total. The summed E-state index contributed by atoms with van der Waals surface area (Å²) in [5.41, 5.74) is 6.25. The Labute approximate surface area is 157 Å². The highest BCUT2D eigenvalue weighted by Gasteiger charge is 2.69. The highest BCUT2D eigenvalue weighted by atomic mass is 16.7. The molecule has 5 unspecified atom stereocenters. The van der Waals surface area contributed by atoms with Gasteiger partial charge < -0.3 is 24.7 Å². The van der Waals surface area contributed by atoms with Crippen molar-refractivity contribution in [3.63, 3.8) is 0 Å². The van der Waals surface area contributed by atoms with E-state index in [-0.39, 0.29) is 16.6 Å². The standard InChI is InChI=1S/C21H35NO4/c1-18-6-4-16-15(17(18)5-8-21(18)25-13-14-26-21)3-7-20(23-11-12-24-20)19(16,2)9-10-22/h15-17H,3-14,22H2,1-2H3. The number of hydrogen-bond acceptors (Lipinski definition) is 5. The van der Waals surface area contributed by atoms with Crippen LogP contribution in [0, 0.1) is 28.6 Å². The van der Waals surface area contributed by atoms with Crippen molar-refractivity contribution < 1.29 is 18.9 Å². The molecular weight excluding hydrogens is 330 g/mol. The molecule has 5 atom stereocenters. The van der Waals surface area contributed by atoms with Crippen LogP contribution in [-0.4, -0.2) is 44.5 Å². The Morgan fingerprint density at radius 1 is 0.769 bits per heavy atom. The third kappa shape index (κ3) is 2.04. The molecule has 0 amide bonds. The van der Waals surface area contributed by atoms with Crippen molar-refractivity contribution >= 4 is 0 Å². The Kier molecular flexibility index (Phi) is 4.05. The van der Waals surface area contributed by atoms with Crippen LogP contribution >= 0.6 is 0 Å². The first-order chi connectivity index (χ1) is 12.5. The van der Waals surface area contributed by atoms with Crippen LogP contribution in [0.3, 0.4) is 0 Å². The van der Waals surface area contributed by atoms with Crippen LogP contribution in [0.25, 0.3) is 0 Å². The summed E-state index contributed by atoms with van der Waals surface area (Å²) in [5.74, 6) is 1.28. The van der Waals surface area contributed by atoms with Gasteiger partial charge in [-0.1, -0.05) is 13.8 Å². The van der Waals surface area contributed by atoms with Gasteiger partial charge in [-0.05, 0) is 56.4 Å². The van der Waals surface area contributed by atoms with Gasteiger partial charge in [-0.2, -0.15) is 0 Å². The predicted octanol–water partition coefficient (Wildman–Crippen LogP) is 3.06. The second-order valence-corrected chi connectivity index (χ2v) is 9.77. The fraction of sp³-hybridized carbons (Fsp3) is 1.00. The van der Waals surface area contributed by atoms with E-state index in [1.807, 2.05) is 0 Å². The Balaban J connectivity index is 1.49. The number of hydrogen-bond donors (Lipinski definition) is 1. The average Bonchev–Trinajstić information content (AvgIpc) is 3.34. The van der Waals surface area contributed by atoms with E-state index < -0.39 is 5.79 Å². The summed E-state index contributed by atoms with van der Waals surface area (Å²) in [6, 6.07) is 0. The van der Waals surface area contributed by atoms with Gasteiger partial charge in [0.05, 0.1) is 26.4 Å². The lowest BCUT2D eigenvalue weighted by Gasteiger charge is -2.61. The summed E-state index contributed by atoms with van der Waals surface area (Å²) in [6.07, 6.45) is 7.85. The molecule has 3 aliphatic carbocycles. The van der Waals surface area contributed by atoms with Crippen LogP contribution < -0.4 is 5.73 Å². The zero-order valence-electron chi connectivity index (χ0n) is 16.4. The molecule has 5 heteroatoms. The number of rotatable bonds is 2. The number of nitrogens with two attached hydrogens (primary N) is 1. The van der Waals surface area contributed by atoms with E-state index in [9.17, 15) is 0 Å². The van der Waals surface area contributed by atoms with Crippen molar-refractivity contribution in [3.05, 3.63) is 0 Å². The summed E-state index contributed by atoms with van der Waals surface area (Å²) in [6.45, 7) is 8.51. The molecular formula is C21H35NO4. The largest absolute Gasteiger partial charge is 0.347 e. The van der Waals surface area contributed by atoms with E-state index in [2.05, 4.69) is 13.8 Å². The lowest BCUT2D eigenvalue weighted by Crippen LogP contribution is -2.62. The van der Waals surface area contributed by atoms with E-state index >= 15 is 0 Å². The molecule has 5 aliphatic rings. The smallest absolute Gasteiger partial charge is 0.174 e. The van der Waals surface area contributed by atoms with Crippen LogP contribution in [0.15, 0.2) is 0 Å². The molecule has 5 rings (SSSR count). The maximum absolute atomic E-state index is 6.30. The summed E-state index contributed by atoms with van der Waals surface area (Å²) < 4.78 is 25.1. The Morgan fingerprint density at radius 2 is 1.35 bits per heavy atom. The van der Waals surface area contributed by atoms with Gasteiger partial charge >= 0.3 is 0 Å². The van der Waals surface area contributed by atoms with Crippen molar-refractivity contribution in [2.24, 2.45) is 34.3 Å². The highest BCUT2D eigenvalue weighted by Crippen LogP contribution is 2.69. The summed E-state index contributed by atoms with van der Waals surface area (Å²) in [5, 5.41) is 0. The Hall–Kier alpha value is -0.200. The monoisotopic (exact) mass is 365 g/mol. The first kappa shape index (κ1) is 17.9. The fourth-order valence-corrected chi connectivity index (χ4v) is 7.90. The summed E-state index contributed by atoms with van der Waals surface area (Å²) in [4.78, 5) is 0. The molecule has 0 aromatic rings. The highest BCUT2D eigenvalue weighted by molar-refractivity contribution is 5.14. The Morgan fingerprint density at radius 3 is 2.00 bits per heavy atom. The van der Waals surface area contributed by atoms with Gasteiger partial charge in [0.25, 0.3) is 0 Å². The van der Waals surface area contributed by atoms with E-state index in [4.69, 9.17) is 24.7 Å². The molecule has 2 spiro atoms. The molecule has 148 valence electrons. The first-order valence-electron chi connectivity index (χ1n) is 10.8. The van der Waals surface area contributed by atoms with E-state index in [0.29, 0.717) is 24.3 Å². The molecule has 0 aromatic heterocycles. The van der Waals surface area contributed by atoms with E-state index in [1.165, 1.54) is 25.7 Å². The lowest BCUT2D eigenvalue weighted by atomic mass is 9.47. The van der Waals surface area contributed by atoms with Gasteiger partial charge in [0.15, 0.2) is 11.6 Å². The van der Waals surface area contributed by atoms with Gasteiger partial charge in [0, 0.05) is 23.7 Å². The number of fused-ring (bicyclic) bond motifs is 4. The normalized spacial score (nSPS) is 48.8. The molecule has 2 saturated heterocycles. The number of ether oxygens (including phenoxy) is 4. The van der Waals surface area contributed by atoms with Crippen LogP contribution in [0.1, 0.15) is 58.8 Å². The van der Waals surface area contributed by atoms with Crippen LogP contribution in [-0.2, 0) is 18.9 Å². The third-order valence-electron chi connectivity index (χ3n) is 9.15. The van der Waals surface area contributed by atoms with E-state index in [0.717, 1.165) is 45.7 Å². The zero-order chi connectivity index (χ0) is 18.0. The lowest BCUT2D eigenvalue weighted by molar-refractivity contribution is -0.301. The minimum Gasteiger partial charge on any atom is -0.347 e. The van der Waals surface area contributed by atoms with Gasteiger partial charge in [0.1, 0.15) is 0 Å². The molecule has 5 fully saturated rings. The van der Waals surface area contributed by atoms with E-state index in [1.54, 1.807) is 0 Å². The van der Waals surface area contributed by atoms with Crippen molar-refractivity contribution in [1.82, 2.24) is 0 Å². The Bertz CT molecular complexity index is 556. The molecule has 5 nitrogen and oxygen atoms in total. The van der Waals surface area contributed by atoms with Crippen LogP contribution in [0.2, 0.25) is 0 Å². The van der Waals surface area contributed by atoms with Gasteiger partial charge in [-0.3, -0.25) is 0 Å². The maximum atomic E-state index is 6.30. The van der Waals surface area contributed by atoms with Gasteiger partial charge in [0.2, 0.25) is 0 Å². The average molecular weight is 366 g/mol. The third-order valence-corrected chi connectivity index (χ3v) is 9.15. The molecule has 0 radical (unpaired) electrons. The topological polar surface area (TPSA) is 62.9 Å². The van der Waals surface area contributed by atoms with Crippen LogP contribution in [0.5, 0.6) is 0 Å². The fourth-order valence-electron chi connectivity index (χ4n) is 7.90. The molecule has 0 bridgehead atoms. The summed E-state index contributed by atoms with van der Waals surface area (Å²) in [7, 11) is 0. The molecule has 2 aliphatic heterocycles. The van der Waals surface area contributed by atoms with Crippen molar-refractivity contribution in [2.45, 2.75) is 70.4 Å². The second-order valence-electron chi connectivity index (χ2n) is 9.77. The van der Waals surface area contributed by atoms with Crippen molar-refractivity contribution in [2.75, 3.05) is 33.0 Å². The quantitative estimate of drug-likeness (QED) is 0.815. The van der Waals surface area contributed by atoms with Gasteiger partial charge in [-0.15, -0.1) is 0 Å². The first-order valence-corrected chi connectivity index (χ1v) is 10.8. The molecule has 2 heterocycles. The molecule has 26 heavy (non-hydrogen) atoms. The SMILES string of the molecule is CC1(CCN)C2CCC3(C)C(CCC34OCCO4)C2CCC12OCCO2. The summed E-state index contributed by atoms with van der Waals surface area (Å²) >= 11 is 0. The minimum absolute atomic E-state index is 0.00956. The van der Waals surface area contributed by atoms with Crippen LogP contribution in [0.4, 0.5) is 0 Å². The van der Waals surface area contributed by atoms with Gasteiger partial charge in [-0.25, -0.2) is 0 Å². The maximum Gasteiger partial charge on any atom is 0.174 e. The molecule has 3 saturated carbocycles. The van der Waals surface area contributed by atoms with Crippen molar-refractivity contribution in [3.8, 4) is 0 Å². The molecule has 0 aromatic carbocycles. The zero-order valence-corrected chi connectivity index (χ0v) is 16.4. The second kappa shape index (κ2) is 5.90. The predicted molar refractivity (Wildman–Crippen MR) is 97.3 cm³/mol. The van der Waals surface area contributed by atoms with Crippen molar-refractivity contribution in [1.29, 1.82) is 0 Å².